The second-order valence-electron chi connectivity index (χ2n) is 4.27. The Morgan fingerprint density at radius 1 is 1.32 bits per heavy atom. The summed E-state index contributed by atoms with van der Waals surface area (Å²) in [5, 5.41) is 0.288. The lowest BCUT2D eigenvalue weighted by Gasteiger charge is -2.07. The lowest BCUT2D eigenvalue weighted by Crippen LogP contribution is -2.07. The molecule has 2 aromatic rings. The number of halogens is 3. The maximum atomic E-state index is 13.0. The average Bonchev–Trinajstić information content (AvgIpc) is 2.36. The third kappa shape index (κ3) is 3.34. The van der Waals surface area contributed by atoms with Crippen LogP contribution in [0.3, 0.4) is 0 Å². The predicted molar refractivity (Wildman–Crippen MR) is 83.3 cm³/mol. The van der Waals surface area contributed by atoms with Gasteiger partial charge in [0.15, 0.2) is 5.78 Å². The largest absolute Gasteiger partial charge is 0.294 e. The molecule has 2 rings (SSSR count). The molecule has 19 heavy (non-hydrogen) atoms. The van der Waals surface area contributed by atoms with E-state index in [0.29, 0.717) is 11.1 Å². The van der Waals surface area contributed by atoms with E-state index in [9.17, 15) is 9.18 Å². The van der Waals surface area contributed by atoms with Crippen LogP contribution in [0.4, 0.5) is 4.39 Å². The molecule has 0 heterocycles. The van der Waals surface area contributed by atoms with Crippen molar-refractivity contribution in [1.82, 2.24) is 0 Å². The van der Waals surface area contributed by atoms with Crippen LogP contribution in [0, 0.1) is 16.3 Å². The van der Waals surface area contributed by atoms with Crippen LogP contribution in [0.15, 0.2) is 36.4 Å². The van der Waals surface area contributed by atoms with Crippen molar-refractivity contribution in [1.29, 1.82) is 0 Å². The Kier molecular flexibility index (Phi) is 4.58. The first kappa shape index (κ1) is 14.5. The van der Waals surface area contributed by atoms with Gasteiger partial charge in [-0.25, -0.2) is 4.39 Å². The minimum atomic E-state index is -0.397. The predicted octanol–water partition coefficient (Wildman–Crippen LogP) is 4.82. The smallest absolute Gasteiger partial charge is 0.168 e. The van der Waals surface area contributed by atoms with E-state index in [4.69, 9.17) is 11.6 Å². The normalized spacial score (nSPS) is 10.5. The molecular formula is C15H11ClFIO. The van der Waals surface area contributed by atoms with Gasteiger partial charge in [-0.05, 0) is 52.8 Å². The topological polar surface area (TPSA) is 17.1 Å². The van der Waals surface area contributed by atoms with Gasteiger partial charge in [-0.3, -0.25) is 4.79 Å². The Labute approximate surface area is 129 Å². The minimum absolute atomic E-state index is 0.0124. The van der Waals surface area contributed by atoms with Crippen LogP contribution in [-0.4, -0.2) is 5.78 Å². The van der Waals surface area contributed by atoms with Crippen LogP contribution in [0.5, 0.6) is 0 Å². The maximum Gasteiger partial charge on any atom is 0.168 e. The van der Waals surface area contributed by atoms with Gasteiger partial charge in [0.05, 0.1) is 0 Å². The van der Waals surface area contributed by atoms with Gasteiger partial charge in [0, 0.05) is 20.6 Å². The van der Waals surface area contributed by atoms with E-state index in [1.54, 1.807) is 12.1 Å². The van der Waals surface area contributed by atoms with Crippen molar-refractivity contribution in [3.05, 3.63) is 67.5 Å². The lowest BCUT2D eigenvalue weighted by atomic mass is 10.0. The molecule has 0 N–H and O–H groups in total. The van der Waals surface area contributed by atoms with E-state index in [1.807, 2.05) is 19.1 Å². The summed E-state index contributed by atoms with van der Waals surface area (Å²) >= 11 is 8.10. The molecule has 4 heteroatoms. The molecule has 0 aromatic heterocycles. The van der Waals surface area contributed by atoms with Gasteiger partial charge >= 0.3 is 0 Å². The Hall–Kier alpha value is -0.940. The van der Waals surface area contributed by atoms with Crippen LogP contribution in [-0.2, 0) is 6.42 Å². The Morgan fingerprint density at radius 3 is 2.74 bits per heavy atom. The summed E-state index contributed by atoms with van der Waals surface area (Å²) in [6.07, 6.45) is 0.179. The number of carbonyl (C=O) groups excluding carboxylic acids is 1. The molecule has 0 aliphatic carbocycles. The van der Waals surface area contributed by atoms with E-state index in [0.717, 1.165) is 9.13 Å². The molecule has 0 unspecified atom stereocenters. The van der Waals surface area contributed by atoms with Crippen molar-refractivity contribution >= 4 is 40.0 Å². The monoisotopic (exact) mass is 388 g/mol. The lowest BCUT2D eigenvalue weighted by molar-refractivity contribution is 0.0992. The van der Waals surface area contributed by atoms with Gasteiger partial charge < -0.3 is 0 Å². The minimum Gasteiger partial charge on any atom is -0.294 e. The molecule has 0 aliphatic rings. The van der Waals surface area contributed by atoms with Gasteiger partial charge in [-0.1, -0.05) is 35.9 Å². The fourth-order valence-corrected chi connectivity index (χ4v) is 2.69. The highest BCUT2D eigenvalue weighted by Crippen LogP contribution is 2.22. The number of hydrogen-bond donors (Lipinski definition) is 0. The molecule has 1 nitrogen and oxygen atoms in total. The quantitative estimate of drug-likeness (QED) is 0.544. The van der Waals surface area contributed by atoms with Crippen LogP contribution < -0.4 is 0 Å². The first-order valence-corrected chi connectivity index (χ1v) is 7.17. The highest BCUT2D eigenvalue weighted by molar-refractivity contribution is 14.1. The zero-order valence-corrected chi connectivity index (χ0v) is 13.1. The number of ketones is 1. The van der Waals surface area contributed by atoms with Crippen LogP contribution in [0.1, 0.15) is 21.5 Å². The number of carbonyl (C=O) groups is 1. The second-order valence-corrected chi connectivity index (χ2v) is 5.76. The van der Waals surface area contributed by atoms with Crippen molar-refractivity contribution in [3.8, 4) is 0 Å². The Balaban J connectivity index is 2.28. The van der Waals surface area contributed by atoms with Gasteiger partial charge in [-0.15, -0.1) is 0 Å². The zero-order chi connectivity index (χ0) is 14.0. The number of Topliss-reactive ketones (excluding diaryl/α,β-unsaturated/α-hetero) is 1. The Bertz CT molecular complexity index is 640. The van der Waals surface area contributed by atoms with Gasteiger partial charge in [-0.2, -0.15) is 0 Å². The molecule has 2 aromatic carbocycles. The van der Waals surface area contributed by atoms with E-state index < -0.39 is 5.82 Å². The van der Waals surface area contributed by atoms with Crippen LogP contribution in [0.2, 0.25) is 5.02 Å². The molecule has 0 spiro atoms. The number of benzene rings is 2. The Morgan fingerprint density at radius 2 is 2.05 bits per heavy atom. The van der Waals surface area contributed by atoms with Gasteiger partial charge in [0.1, 0.15) is 5.82 Å². The molecule has 0 saturated carbocycles. The fourth-order valence-electron chi connectivity index (χ4n) is 1.80. The summed E-state index contributed by atoms with van der Waals surface area (Å²) < 4.78 is 13.9. The summed E-state index contributed by atoms with van der Waals surface area (Å²) in [5.74, 6) is -0.409. The van der Waals surface area contributed by atoms with E-state index >= 15 is 0 Å². The third-order valence-electron chi connectivity index (χ3n) is 2.86. The molecule has 0 fully saturated rings. The number of aryl methyl sites for hydroxylation is 1. The van der Waals surface area contributed by atoms with Crippen molar-refractivity contribution in [3.63, 3.8) is 0 Å². The average molecular weight is 389 g/mol. The van der Waals surface area contributed by atoms with E-state index in [1.165, 1.54) is 12.1 Å². The summed E-state index contributed by atoms with van der Waals surface area (Å²) in [7, 11) is 0. The summed E-state index contributed by atoms with van der Waals surface area (Å²) in [6, 6.07) is 9.72. The highest BCUT2D eigenvalue weighted by atomic mass is 127. The molecule has 0 saturated heterocycles. The first-order valence-electron chi connectivity index (χ1n) is 5.71. The summed E-state index contributed by atoms with van der Waals surface area (Å²) in [6.45, 7) is 1.96. The molecule has 0 bridgehead atoms. The fraction of sp³-hybridized carbons (Fsp3) is 0.133. The van der Waals surface area contributed by atoms with Crippen molar-refractivity contribution in [2.24, 2.45) is 0 Å². The molecule has 0 amide bonds. The second kappa shape index (κ2) is 6.01. The number of rotatable bonds is 3. The SMILES string of the molecule is Cc1cccc(C(=O)Cc2ccc(F)cc2Cl)c1I. The standard InChI is InChI=1S/C15H11ClFIO/c1-9-3-2-4-12(15(9)18)14(19)7-10-5-6-11(17)8-13(10)16/h2-6,8H,7H2,1H3. The molecular weight excluding hydrogens is 378 g/mol. The third-order valence-corrected chi connectivity index (χ3v) is 4.64. The van der Waals surface area contributed by atoms with Crippen molar-refractivity contribution in [2.45, 2.75) is 13.3 Å². The molecule has 0 radical (unpaired) electrons. The van der Waals surface area contributed by atoms with Gasteiger partial charge in [0.25, 0.3) is 0 Å². The molecule has 0 aliphatic heterocycles. The van der Waals surface area contributed by atoms with Crippen LogP contribution in [0.25, 0.3) is 0 Å². The van der Waals surface area contributed by atoms with Crippen molar-refractivity contribution < 1.29 is 9.18 Å². The van der Waals surface area contributed by atoms with Crippen LogP contribution >= 0.6 is 34.2 Å². The number of hydrogen-bond acceptors (Lipinski definition) is 1. The maximum absolute atomic E-state index is 13.0. The van der Waals surface area contributed by atoms with Crippen molar-refractivity contribution in [2.75, 3.05) is 0 Å². The molecule has 0 atom stereocenters. The molecule has 98 valence electrons. The van der Waals surface area contributed by atoms with Gasteiger partial charge in [0.2, 0.25) is 0 Å². The first-order chi connectivity index (χ1) is 8.99. The summed E-state index contributed by atoms with van der Waals surface area (Å²) in [5.41, 5.74) is 2.39. The highest BCUT2D eigenvalue weighted by Gasteiger charge is 2.13. The van der Waals surface area contributed by atoms with E-state index in [2.05, 4.69) is 22.6 Å². The summed E-state index contributed by atoms with van der Waals surface area (Å²) in [4.78, 5) is 12.3. The van der Waals surface area contributed by atoms with E-state index in [-0.39, 0.29) is 17.2 Å². The zero-order valence-electron chi connectivity index (χ0n) is 10.2.